The molecule has 0 atom stereocenters. The van der Waals surface area contributed by atoms with Crippen molar-refractivity contribution in [1.82, 2.24) is 0 Å². The fourth-order valence-electron chi connectivity index (χ4n) is 3.88. The Hall–Kier alpha value is -3.81. The van der Waals surface area contributed by atoms with Crippen LogP contribution < -0.4 is 9.80 Å². The van der Waals surface area contributed by atoms with Crippen LogP contribution in [-0.4, -0.2) is 16.9 Å². The van der Waals surface area contributed by atoms with Crippen LogP contribution in [0.5, 0.6) is 0 Å². The van der Waals surface area contributed by atoms with Crippen molar-refractivity contribution >= 4 is 62.5 Å². The van der Waals surface area contributed by atoms with Crippen LogP contribution >= 0.6 is 28.1 Å². The molecule has 2 heterocycles. The van der Waals surface area contributed by atoms with Gasteiger partial charge in [-0.25, -0.2) is 0 Å². The molecule has 0 spiro atoms. The van der Waals surface area contributed by atoms with Crippen molar-refractivity contribution < 1.29 is 14.0 Å². The lowest BCUT2D eigenvalue weighted by molar-refractivity contribution is -0.120. The predicted molar refractivity (Wildman–Crippen MR) is 145 cm³/mol. The minimum absolute atomic E-state index is 0.0461. The van der Waals surface area contributed by atoms with E-state index in [4.69, 9.17) is 16.6 Å². The number of benzene rings is 3. The van der Waals surface area contributed by atoms with Crippen LogP contribution in [0.2, 0.25) is 0 Å². The van der Waals surface area contributed by atoms with Crippen molar-refractivity contribution in [2.75, 3.05) is 9.80 Å². The molecule has 1 aliphatic heterocycles. The van der Waals surface area contributed by atoms with Gasteiger partial charge in [0, 0.05) is 10.0 Å². The van der Waals surface area contributed by atoms with Gasteiger partial charge in [0.15, 0.2) is 5.11 Å². The highest BCUT2D eigenvalue weighted by molar-refractivity contribution is 9.10. The second kappa shape index (κ2) is 9.44. The molecule has 0 aliphatic carbocycles. The quantitative estimate of drug-likeness (QED) is 0.162. The molecule has 4 aromatic rings. The second-order valence-electron chi connectivity index (χ2n) is 7.98. The van der Waals surface area contributed by atoms with Crippen molar-refractivity contribution in [3.63, 3.8) is 0 Å². The van der Waals surface area contributed by atoms with Gasteiger partial charge in [0.2, 0.25) is 0 Å². The van der Waals surface area contributed by atoms with Gasteiger partial charge in [0.1, 0.15) is 17.1 Å². The van der Waals surface area contributed by atoms with Crippen molar-refractivity contribution in [3.8, 4) is 11.3 Å². The SMILES string of the molecule is Cc1ccc(-c2ccc(C=C3C(=O)N(c4ccccc4)C(=S)N(c4ccccc4)C3=O)o2)c(Br)c1. The Morgan fingerprint density at radius 2 is 1.37 bits per heavy atom. The number of carbonyl (C=O) groups is 2. The van der Waals surface area contributed by atoms with Crippen molar-refractivity contribution in [2.45, 2.75) is 6.92 Å². The molecule has 5 rings (SSSR count). The number of para-hydroxylation sites is 2. The molecule has 0 bridgehead atoms. The lowest BCUT2D eigenvalue weighted by Gasteiger charge is -2.36. The van der Waals surface area contributed by atoms with Crippen LogP contribution in [0.1, 0.15) is 11.3 Å². The van der Waals surface area contributed by atoms with E-state index < -0.39 is 11.8 Å². The Balaban J connectivity index is 1.59. The molecule has 0 N–H and O–H groups in total. The Morgan fingerprint density at radius 3 is 1.91 bits per heavy atom. The first kappa shape index (κ1) is 23.0. The van der Waals surface area contributed by atoms with Crippen molar-refractivity contribution in [1.29, 1.82) is 0 Å². The average Bonchev–Trinajstić information content (AvgIpc) is 3.31. The Kier molecular flexibility index (Phi) is 6.19. The van der Waals surface area contributed by atoms with Crippen LogP contribution in [0, 0.1) is 6.92 Å². The molecule has 7 heteroatoms. The highest BCUT2D eigenvalue weighted by Gasteiger charge is 2.41. The number of anilines is 2. The van der Waals surface area contributed by atoms with Crippen molar-refractivity contribution in [2.24, 2.45) is 0 Å². The summed E-state index contributed by atoms with van der Waals surface area (Å²) in [7, 11) is 0. The normalized spacial score (nSPS) is 14.0. The molecule has 3 aromatic carbocycles. The summed E-state index contributed by atoms with van der Waals surface area (Å²) in [6, 6.07) is 27.6. The lowest BCUT2D eigenvalue weighted by Crippen LogP contribution is -2.56. The van der Waals surface area contributed by atoms with Gasteiger partial charge in [0.05, 0.1) is 11.4 Å². The molecular weight excluding hydrogens is 524 g/mol. The molecule has 1 aromatic heterocycles. The first-order valence-electron chi connectivity index (χ1n) is 10.8. The number of thiocarbonyl (C=S) groups is 1. The number of halogens is 1. The number of amides is 2. The van der Waals surface area contributed by atoms with E-state index in [0.717, 1.165) is 15.6 Å². The minimum atomic E-state index is -0.507. The summed E-state index contributed by atoms with van der Waals surface area (Å²) in [4.78, 5) is 29.9. The molecule has 1 saturated heterocycles. The Morgan fingerprint density at radius 1 is 0.800 bits per heavy atom. The zero-order valence-electron chi connectivity index (χ0n) is 18.6. The van der Waals surface area contributed by atoms with E-state index in [-0.39, 0.29) is 10.7 Å². The van der Waals surface area contributed by atoms with Crippen LogP contribution in [0.25, 0.3) is 17.4 Å². The molecule has 1 fully saturated rings. The zero-order valence-corrected chi connectivity index (χ0v) is 21.0. The minimum Gasteiger partial charge on any atom is -0.457 e. The molecular formula is C28H19BrN2O3S. The third-order valence-electron chi connectivity index (χ3n) is 5.58. The molecule has 5 nitrogen and oxygen atoms in total. The van der Waals surface area contributed by atoms with E-state index in [2.05, 4.69) is 15.9 Å². The maximum atomic E-state index is 13.6. The number of hydrogen-bond acceptors (Lipinski definition) is 4. The van der Waals surface area contributed by atoms with E-state index in [9.17, 15) is 9.59 Å². The van der Waals surface area contributed by atoms with E-state index in [1.807, 2.05) is 67.6 Å². The molecule has 1 aliphatic rings. The van der Waals surface area contributed by atoms with Gasteiger partial charge in [0.25, 0.3) is 11.8 Å². The Bertz CT molecular complexity index is 1420. The molecule has 0 saturated carbocycles. The summed E-state index contributed by atoms with van der Waals surface area (Å²) in [5.74, 6) is -0.00602. The molecule has 0 radical (unpaired) electrons. The third kappa shape index (κ3) is 4.36. The lowest BCUT2D eigenvalue weighted by atomic mass is 10.1. The number of nitrogens with zero attached hydrogens (tertiary/aromatic N) is 2. The summed E-state index contributed by atoms with van der Waals surface area (Å²) in [6.45, 7) is 2.01. The standard InChI is InChI=1S/C28H19BrN2O3S/c1-18-12-14-22(24(29)16-18)25-15-13-21(34-25)17-23-26(32)30(19-8-4-2-5-9-19)28(35)31(27(23)33)20-10-6-3-7-11-20/h2-17H,1H3. The van der Waals surface area contributed by atoms with Gasteiger partial charge >= 0.3 is 0 Å². The summed E-state index contributed by atoms with van der Waals surface area (Å²) in [5, 5.41) is 0.0956. The van der Waals surface area contributed by atoms with Crippen LogP contribution in [0.15, 0.2) is 105 Å². The number of aryl methyl sites for hydroxylation is 1. The molecule has 35 heavy (non-hydrogen) atoms. The number of furan rings is 1. The highest BCUT2D eigenvalue weighted by atomic mass is 79.9. The van der Waals surface area contributed by atoms with Gasteiger partial charge in [-0.1, -0.05) is 58.4 Å². The van der Waals surface area contributed by atoms with Gasteiger partial charge < -0.3 is 4.42 Å². The molecule has 0 unspecified atom stereocenters. The summed E-state index contributed by atoms with van der Waals surface area (Å²) in [5.41, 5.74) is 3.09. The number of carbonyl (C=O) groups excluding carboxylic acids is 2. The van der Waals surface area contributed by atoms with Gasteiger partial charge in [-0.05, 0) is 79.3 Å². The zero-order chi connectivity index (χ0) is 24.5. The topological polar surface area (TPSA) is 53.8 Å². The van der Waals surface area contributed by atoms with E-state index in [1.54, 1.807) is 30.3 Å². The fourth-order valence-corrected chi connectivity index (χ4v) is 4.94. The van der Waals surface area contributed by atoms with Crippen LogP contribution in [-0.2, 0) is 9.59 Å². The van der Waals surface area contributed by atoms with Crippen LogP contribution in [0.4, 0.5) is 11.4 Å². The van der Waals surface area contributed by atoms with Gasteiger partial charge in [-0.15, -0.1) is 0 Å². The highest BCUT2D eigenvalue weighted by Crippen LogP contribution is 2.33. The van der Waals surface area contributed by atoms with E-state index in [1.165, 1.54) is 15.9 Å². The largest absolute Gasteiger partial charge is 0.457 e. The fraction of sp³-hybridized carbons (Fsp3) is 0.0357. The molecule has 172 valence electrons. The first-order chi connectivity index (χ1) is 16.9. The number of rotatable bonds is 4. The average molecular weight is 543 g/mol. The third-order valence-corrected chi connectivity index (χ3v) is 6.60. The van der Waals surface area contributed by atoms with Crippen LogP contribution in [0.3, 0.4) is 0 Å². The smallest absolute Gasteiger partial charge is 0.270 e. The summed E-state index contributed by atoms with van der Waals surface area (Å²) in [6.07, 6.45) is 1.48. The number of hydrogen-bond donors (Lipinski definition) is 0. The second-order valence-corrected chi connectivity index (χ2v) is 9.20. The maximum absolute atomic E-state index is 13.6. The molecule has 2 amide bonds. The van der Waals surface area contributed by atoms with Gasteiger partial charge in [-0.3, -0.25) is 19.4 Å². The van der Waals surface area contributed by atoms with Crippen molar-refractivity contribution in [3.05, 3.63) is 112 Å². The first-order valence-corrected chi connectivity index (χ1v) is 12.0. The summed E-state index contributed by atoms with van der Waals surface area (Å²) < 4.78 is 6.91. The maximum Gasteiger partial charge on any atom is 0.270 e. The van der Waals surface area contributed by atoms with E-state index in [0.29, 0.717) is 22.9 Å². The van der Waals surface area contributed by atoms with Gasteiger partial charge in [-0.2, -0.15) is 0 Å². The van der Waals surface area contributed by atoms with E-state index >= 15 is 0 Å². The summed E-state index contributed by atoms with van der Waals surface area (Å²) >= 11 is 9.20. The monoisotopic (exact) mass is 542 g/mol. The Labute approximate surface area is 216 Å². The predicted octanol–water partition coefficient (Wildman–Crippen LogP) is 6.77.